The molecule has 1 saturated carbocycles. The van der Waals surface area contributed by atoms with Crippen molar-refractivity contribution >= 4 is 17.4 Å². The van der Waals surface area contributed by atoms with Crippen LogP contribution in [0.2, 0.25) is 0 Å². The lowest BCUT2D eigenvalue weighted by molar-refractivity contribution is 0.203. The fourth-order valence-electron chi connectivity index (χ4n) is 5.20. The Morgan fingerprint density at radius 2 is 1.77 bits per heavy atom. The van der Waals surface area contributed by atoms with Crippen LogP contribution in [0.25, 0.3) is 0 Å². The average molecular weight is 417 g/mol. The molecule has 3 atom stereocenters. The van der Waals surface area contributed by atoms with E-state index in [4.69, 9.17) is 5.26 Å². The predicted octanol–water partition coefficient (Wildman–Crippen LogP) is 5.55. The maximum absolute atomic E-state index is 12.6. The molecule has 2 aromatic rings. The molecule has 2 aromatic carbocycles. The third kappa shape index (κ3) is 5.79. The van der Waals surface area contributed by atoms with Crippen molar-refractivity contribution in [3.8, 4) is 6.07 Å². The highest BCUT2D eigenvalue weighted by atomic mass is 16.2. The number of anilines is 2. The SMILES string of the molecule is N#Cc1ccc(N2CCC[C@H](C[C@@H]3CCCC[C@H]3NC(=O)Nc3ccccc3)C2)cc1. The minimum Gasteiger partial charge on any atom is -0.371 e. The second kappa shape index (κ2) is 10.3. The lowest BCUT2D eigenvalue weighted by Gasteiger charge is -2.39. The van der Waals surface area contributed by atoms with E-state index in [9.17, 15) is 4.79 Å². The van der Waals surface area contributed by atoms with Gasteiger partial charge in [0.2, 0.25) is 0 Å². The predicted molar refractivity (Wildman–Crippen MR) is 125 cm³/mol. The van der Waals surface area contributed by atoms with E-state index in [0.717, 1.165) is 25.2 Å². The van der Waals surface area contributed by atoms with Crippen LogP contribution in [0.15, 0.2) is 54.6 Å². The molecule has 0 aromatic heterocycles. The Morgan fingerprint density at radius 3 is 2.55 bits per heavy atom. The molecule has 2 aliphatic rings. The minimum atomic E-state index is -0.0917. The third-order valence-electron chi connectivity index (χ3n) is 6.77. The lowest BCUT2D eigenvalue weighted by atomic mass is 9.77. The molecule has 2 amide bonds. The van der Waals surface area contributed by atoms with Crippen LogP contribution in [-0.2, 0) is 0 Å². The van der Waals surface area contributed by atoms with Crippen LogP contribution in [0, 0.1) is 23.2 Å². The number of amides is 2. The molecule has 2 N–H and O–H groups in total. The molecule has 31 heavy (non-hydrogen) atoms. The highest BCUT2D eigenvalue weighted by molar-refractivity contribution is 5.89. The number of piperidine rings is 1. The molecule has 1 aliphatic carbocycles. The molecule has 0 radical (unpaired) electrons. The summed E-state index contributed by atoms with van der Waals surface area (Å²) in [5.41, 5.74) is 2.75. The van der Waals surface area contributed by atoms with Crippen molar-refractivity contribution in [3.63, 3.8) is 0 Å². The van der Waals surface area contributed by atoms with Gasteiger partial charge in [-0.05, 0) is 80.3 Å². The van der Waals surface area contributed by atoms with Crippen molar-refractivity contribution in [2.24, 2.45) is 11.8 Å². The molecule has 1 saturated heterocycles. The van der Waals surface area contributed by atoms with E-state index in [1.807, 2.05) is 42.5 Å². The van der Waals surface area contributed by atoms with Crippen LogP contribution >= 0.6 is 0 Å². The highest BCUT2D eigenvalue weighted by Crippen LogP contribution is 2.34. The second-order valence-electron chi connectivity index (χ2n) is 8.96. The highest BCUT2D eigenvalue weighted by Gasteiger charge is 2.30. The van der Waals surface area contributed by atoms with E-state index in [2.05, 4.69) is 33.7 Å². The number of carbonyl (C=O) groups excluding carboxylic acids is 1. The first-order valence-corrected chi connectivity index (χ1v) is 11.6. The van der Waals surface area contributed by atoms with Gasteiger partial charge in [0.1, 0.15) is 0 Å². The summed E-state index contributed by atoms with van der Waals surface area (Å²) in [5.74, 6) is 1.19. The largest absolute Gasteiger partial charge is 0.371 e. The van der Waals surface area contributed by atoms with Crippen molar-refractivity contribution in [1.29, 1.82) is 5.26 Å². The first-order valence-electron chi connectivity index (χ1n) is 11.6. The molecule has 0 unspecified atom stereocenters. The molecule has 0 bridgehead atoms. The minimum absolute atomic E-state index is 0.0917. The number of para-hydroxylation sites is 1. The van der Waals surface area contributed by atoms with Crippen LogP contribution in [0.1, 0.15) is 50.5 Å². The van der Waals surface area contributed by atoms with Crippen molar-refractivity contribution in [3.05, 3.63) is 60.2 Å². The number of urea groups is 1. The smallest absolute Gasteiger partial charge is 0.319 e. The zero-order chi connectivity index (χ0) is 21.5. The zero-order valence-electron chi connectivity index (χ0n) is 18.1. The van der Waals surface area contributed by atoms with Gasteiger partial charge in [0.15, 0.2) is 0 Å². The van der Waals surface area contributed by atoms with Crippen molar-refractivity contribution in [1.82, 2.24) is 5.32 Å². The monoisotopic (exact) mass is 416 g/mol. The van der Waals surface area contributed by atoms with Crippen molar-refractivity contribution < 1.29 is 4.79 Å². The summed E-state index contributed by atoms with van der Waals surface area (Å²) in [6.07, 6.45) is 8.34. The quantitative estimate of drug-likeness (QED) is 0.672. The number of carbonyl (C=O) groups is 1. The van der Waals surface area contributed by atoms with Gasteiger partial charge >= 0.3 is 6.03 Å². The summed E-state index contributed by atoms with van der Waals surface area (Å²) < 4.78 is 0. The van der Waals surface area contributed by atoms with E-state index in [0.29, 0.717) is 17.4 Å². The molecule has 1 heterocycles. The Morgan fingerprint density at radius 1 is 1.00 bits per heavy atom. The molecular weight excluding hydrogens is 384 g/mol. The maximum Gasteiger partial charge on any atom is 0.319 e. The van der Waals surface area contributed by atoms with Gasteiger partial charge in [0.05, 0.1) is 11.6 Å². The third-order valence-corrected chi connectivity index (χ3v) is 6.77. The summed E-state index contributed by atoms with van der Waals surface area (Å²) in [5, 5.41) is 15.3. The average Bonchev–Trinajstić information content (AvgIpc) is 2.81. The van der Waals surface area contributed by atoms with Gasteiger partial charge in [-0.3, -0.25) is 0 Å². The summed E-state index contributed by atoms with van der Waals surface area (Å²) in [6.45, 7) is 2.14. The number of hydrogen-bond donors (Lipinski definition) is 2. The van der Waals surface area contributed by atoms with E-state index in [-0.39, 0.29) is 12.1 Å². The van der Waals surface area contributed by atoms with Crippen LogP contribution < -0.4 is 15.5 Å². The van der Waals surface area contributed by atoms with Crippen LogP contribution in [-0.4, -0.2) is 25.2 Å². The number of nitrogens with one attached hydrogen (secondary N) is 2. The Balaban J connectivity index is 1.33. The first kappa shape index (κ1) is 21.2. The number of nitrogens with zero attached hydrogens (tertiary/aromatic N) is 2. The molecule has 0 spiro atoms. The Kier molecular flexibility index (Phi) is 7.09. The zero-order valence-corrected chi connectivity index (χ0v) is 18.1. The number of rotatable bonds is 5. The van der Waals surface area contributed by atoms with E-state index < -0.39 is 0 Å². The number of benzene rings is 2. The molecular formula is C26H32N4O. The summed E-state index contributed by atoms with van der Waals surface area (Å²) >= 11 is 0. The summed E-state index contributed by atoms with van der Waals surface area (Å²) in [4.78, 5) is 15.0. The Hall–Kier alpha value is -3.00. The Bertz CT molecular complexity index is 890. The summed E-state index contributed by atoms with van der Waals surface area (Å²) in [7, 11) is 0. The number of nitriles is 1. The van der Waals surface area contributed by atoms with Crippen LogP contribution in [0.3, 0.4) is 0 Å². The molecule has 1 aliphatic heterocycles. The topological polar surface area (TPSA) is 68.2 Å². The van der Waals surface area contributed by atoms with Crippen LogP contribution in [0.4, 0.5) is 16.2 Å². The van der Waals surface area contributed by atoms with Gasteiger partial charge in [0.25, 0.3) is 0 Å². The van der Waals surface area contributed by atoms with Gasteiger partial charge in [-0.1, -0.05) is 31.0 Å². The fourth-order valence-corrected chi connectivity index (χ4v) is 5.20. The van der Waals surface area contributed by atoms with Gasteiger partial charge in [-0.2, -0.15) is 5.26 Å². The standard InChI is InChI=1S/C26H32N4O/c27-18-20-12-14-24(15-13-20)30-16-6-7-21(19-30)17-22-8-4-5-11-25(22)29-26(31)28-23-9-2-1-3-10-23/h1-3,9-10,12-15,21-22,25H,4-8,11,16-17,19H2,(H2,28,29,31)/t21-,22+,25-/m1/s1. The Labute approximate surface area is 185 Å². The molecule has 2 fully saturated rings. The lowest BCUT2D eigenvalue weighted by Crippen LogP contribution is -2.45. The molecule has 162 valence electrons. The molecule has 4 rings (SSSR count). The van der Waals surface area contributed by atoms with Gasteiger partial charge in [0, 0.05) is 30.5 Å². The summed E-state index contributed by atoms with van der Waals surface area (Å²) in [6, 6.07) is 20.0. The van der Waals surface area contributed by atoms with Gasteiger partial charge in [-0.15, -0.1) is 0 Å². The van der Waals surface area contributed by atoms with Gasteiger partial charge < -0.3 is 15.5 Å². The maximum atomic E-state index is 12.6. The van der Waals surface area contributed by atoms with Crippen molar-refractivity contribution in [2.45, 2.75) is 51.0 Å². The van der Waals surface area contributed by atoms with Crippen LogP contribution in [0.5, 0.6) is 0 Å². The van der Waals surface area contributed by atoms with E-state index in [1.54, 1.807) is 0 Å². The molecule has 5 heteroatoms. The normalized spacial score (nSPS) is 23.6. The van der Waals surface area contributed by atoms with E-state index >= 15 is 0 Å². The second-order valence-corrected chi connectivity index (χ2v) is 8.96. The fraction of sp³-hybridized carbons (Fsp3) is 0.462. The van der Waals surface area contributed by atoms with Crippen molar-refractivity contribution in [2.75, 3.05) is 23.3 Å². The molecule has 5 nitrogen and oxygen atoms in total. The number of hydrogen-bond acceptors (Lipinski definition) is 3. The van der Waals surface area contributed by atoms with E-state index in [1.165, 1.54) is 44.2 Å². The first-order chi connectivity index (χ1) is 15.2. The van der Waals surface area contributed by atoms with Gasteiger partial charge in [-0.25, -0.2) is 4.79 Å².